The molecule has 21 heavy (non-hydrogen) atoms. The van der Waals surface area contributed by atoms with Crippen LogP contribution in [-0.4, -0.2) is 36.0 Å². The van der Waals surface area contributed by atoms with Crippen molar-refractivity contribution in [3.63, 3.8) is 0 Å². The molecule has 0 aromatic heterocycles. The minimum Gasteiger partial charge on any atom is -0.445 e. The van der Waals surface area contributed by atoms with Gasteiger partial charge in [0.1, 0.15) is 12.6 Å². The largest absolute Gasteiger partial charge is 0.445 e. The van der Waals surface area contributed by atoms with E-state index in [1.807, 2.05) is 51.1 Å². The van der Waals surface area contributed by atoms with E-state index in [1.165, 1.54) is 4.90 Å². The second kappa shape index (κ2) is 6.16. The summed E-state index contributed by atoms with van der Waals surface area (Å²) in [5.74, 6) is -0.120. The van der Waals surface area contributed by atoms with E-state index in [1.54, 1.807) is 0 Å². The first kappa shape index (κ1) is 15.4. The molecule has 1 saturated heterocycles. The molecule has 0 spiro atoms. The van der Waals surface area contributed by atoms with Gasteiger partial charge in [0.2, 0.25) is 5.91 Å². The molecule has 2 rings (SSSR count). The Balaban J connectivity index is 2.04. The van der Waals surface area contributed by atoms with Gasteiger partial charge in [0, 0.05) is 13.1 Å². The minimum absolute atomic E-state index is 0.120. The Kier molecular flexibility index (Phi) is 4.50. The van der Waals surface area contributed by atoms with Crippen molar-refractivity contribution < 1.29 is 14.3 Å². The Hall–Kier alpha value is -2.04. The van der Waals surface area contributed by atoms with Gasteiger partial charge in [-0.1, -0.05) is 51.1 Å². The van der Waals surface area contributed by atoms with Crippen LogP contribution in [0.5, 0.6) is 0 Å². The Morgan fingerprint density at radius 3 is 2.62 bits per heavy atom. The summed E-state index contributed by atoms with van der Waals surface area (Å²) in [5.41, 5.74) is 0.593. The van der Waals surface area contributed by atoms with Crippen molar-refractivity contribution >= 4 is 12.0 Å². The molecule has 1 aliphatic rings. The number of piperazine rings is 1. The lowest BCUT2D eigenvalue weighted by Gasteiger charge is -2.41. The number of hydrogen-bond acceptors (Lipinski definition) is 3. The smallest absolute Gasteiger partial charge is 0.410 e. The summed E-state index contributed by atoms with van der Waals surface area (Å²) in [4.78, 5) is 25.9. The van der Waals surface area contributed by atoms with Crippen molar-refractivity contribution in [2.75, 3.05) is 13.1 Å². The summed E-state index contributed by atoms with van der Waals surface area (Å²) in [6.45, 7) is 6.99. The van der Waals surface area contributed by atoms with Crippen LogP contribution in [0.1, 0.15) is 26.3 Å². The van der Waals surface area contributed by atoms with Gasteiger partial charge < -0.3 is 10.1 Å². The quantitative estimate of drug-likeness (QED) is 0.908. The number of carbonyl (C=O) groups is 2. The average Bonchev–Trinajstić information content (AvgIpc) is 2.44. The monoisotopic (exact) mass is 290 g/mol. The topological polar surface area (TPSA) is 58.6 Å². The van der Waals surface area contributed by atoms with Gasteiger partial charge in [-0.15, -0.1) is 0 Å². The lowest BCUT2D eigenvalue weighted by molar-refractivity contribution is -0.132. The third kappa shape index (κ3) is 3.74. The number of nitrogens with zero attached hydrogens (tertiary/aromatic N) is 1. The predicted molar refractivity (Wildman–Crippen MR) is 79.6 cm³/mol. The molecule has 114 valence electrons. The van der Waals surface area contributed by atoms with E-state index in [0.717, 1.165) is 5.56 Å². The molecular weight excluding hydrogens is 268 g/mol. The summed E-state index contributed by atoms with van der Waals surface area (Å²) in [7, 11) is 0. The van der Waals surface area contributed by atoms with Gasteiger partial charge in [0.15, 0.2) is 0 Å². The second-order valence-corrected chi connectivity index (χ2v) is 6.29. The molecule has 1 atom stereocenters. The van der Waals surface area contributed by atoms with Crippen LogP contribution in [0.25, 0.3) is 0 Å². The van der Waals surface area contributed by atoms with Crippen LogP contribution in [0.15, 0.2) is 30.3 Å². The Morgan fingerprint density at radius 1 is 1.33 bits per heavy atom. The van der Waals surface area contributed by atoms with E-state index in [4.69, 9.17) is 4.74 Å². The van der Waals surface area contributed by atoms with E-state index in [-0.39, 0.29) is 17.9 Å². The molecule has 2 amide bonds. The van der Waals surface area contributed by atoms with E-state index in [0.29, 0.717) is 13.1 Å². The molecule has 0 radical (unpaired) electrons. The van der Waals surface area contributed by atoms with Crippen molar-refractivity contribution in [3.05, 3.63) is 35.9 Å². The number of ether oxygens (including phenoxy) is 1. The average molecular weight is 290 g/mol. The van der Waals surface area contributed by atoms with E-state index < -0.39 is 12.1 Å². The SMILES string of the molecule is CC(C)(C)C1C(=O)NCCN1C(=O)OCc1ccccc1. The molecule has 1 heterocycles. The molecule has 0 bridgehead atoms. The van der Waals surface area contributed by atoms with E-state index in [2.05, 4.69) is 5.32 Å². The summed E-state index contributed by atoms with van der Waals surface area (Å²) in [5, 5.41) is 2.81. The highest BCUT2D eigenvalue weighted by Gasteiger charge is 2.41. The highest BCUT2D eigenvalue weighted by molar-refractivity contribution is 5.87. The number of carbonyl (C=O) groups excluding carboxylic acids is 2. The van der Waals surface area contributed by atoms with Crippen molar-refractivity contribution in [2.24, 2.45) is 5.41 Å². The van der Waals surface area contributed by atoms with Crippen molar-refractivity contribution in [1.82, 2.24) is 10.2 Å². The Morgan fingerprint density at radius 2 is 2.00 bits per heavy atom. The third-order valence-electron chi connectivity index (χ3n) is 3.47. The molecule has 0 aliphatic carbocycles. The van der Waals surface area contributed by atoms with Gasteiger partial charge in [0.05, 0.1) is 0 Å². The predicted octanol–water partition coefficient (Wildman–Crippen LogP) is 2.17. The normalized spacial score (nSPS) is 19.1. The molecule has 1 aromatic rings. The first-order valence-corrected chi connectivity index (χ1v) is 7.14. The molecule has 5 nitrogen and oxygen atoms in total. The van der Waals surface area contributed by atoms with Gasteiger partial charge in [-0.05, 0) is 11.0 Å². The zero-order chi connectivity index (χ0) is 15.5. The summed E-state index contributed by atoms with van der Waals surface area (Å²) in [6, 6.07) is 9.00. The van der Waals surface area contributed by atoms with Gasteiger partial charge in [-0.3, -0.25) is 9.69 Å². The standard InChI is InChI=1S/C16H22N2O3/c1-16(2,3)13-14(19)17-9-10-18(13)15(20)21-11-12-7-5-4-6-8-12/h4-8,13H,9-11H2,1-3H3,(H,17,19). The van der Waals surface area contributed by atoms with Gasteiger partial charge in [0.25, 0.3) is 0 Å². The molecule has 1 aliphatic heterocycles. The maximum Gasteiger partial charge on any atom is 0.410 e. The number of benzene rings is 1. The van der Waals surface area contributed by atoms with Crippen LogP contribution in [0.2, 0.25) is 0 Å². The highest BCUT2D eigenvalue weighted by Crippen LogP contribution is 2.26. The number of rotatable bonds is 2. The molecule has 1 N–H and O–H groups in total. The molecule has 5 heteroatoms. The van der Waals surface area contributed by atoms with Crippen LogP contribution in [0, 0.1) is 5.41 Å². The molecule has 1 fully saturated rings. The fourth-order valence-electron chi connectivity index (χ4n) is 2.53. The number of nitrogens with one attached hydrogen (secondary N) is 1. The molecule has 1 aromatic carbocycles. The maximum atomic E-state index is 12.3. The minimum atomic E-state index is -0.505. The van der Waals surface area contributed by atoms with Gasteiger partial charge >= 0.3 is 6.09 Å². The zero-order valence-electron chi connectivity index (χ0n) is 12.8. The maximum absolute atomic E-state index is 12.3. The fourth-order valence-corrected chi connectivity index (χ4v) is 2.53. The van der Waals surface area contributed by atoms with E-state index in [9.17, 15) is 9.59 Å². The summed E-state index contributed by atoms with van der Waals surface area (Å²) < 4.78 is 5.35. The van der Waals surface area contributed by atoms with Crippen LogP contribution in [0.3, 0.4) is 0 Å². The molecule has 1 unspecified atom stereocenters. The van der Waals surface area contributed by atoms with E-state index >= 15 is 0 Å². The first-order valence-electron chi connectivity index (χ1n) is 7.14. The number of hydrogen-bond donors (Lipinski definition) is 1. The van der Waals surface area contributed by atoms with Crippen LogP contribution < -0.4 is 5.32 Å². The Labute approximate surface area is 125 Å². The lowest BCUT2D eigenvalue weighted by atomic mass is 9.84. The molecule has 0 saturated carbocycles. The first-order chi connectivity index (χ1) is 9.89. The summed E-state index contributed by atoms with van der Waals surface area (Å²) in [6.07, 6.45) is -0.436. The highest BCUT2D eigenvalue weighted by atomic mass is 16.6. The van der Waals surface area contributed by atoms with Crippen LogP contribution in [0.4, 0.5) is 4.79 Å². The number of amides is 2. The second-order valence-electron chi connectivity index (χ2n) is 6.29. The van der Waals surface area contributed by atoms with Crippen molar-refractivity contribution in [1.29, 1.82) is 0 Å². The fraction of sp³-hybridized carbons (Fsp3) is 0.500. The van der Waals surface area contributed by atoms with Crippen LogP contribution >= 0.6 is 0 Å². The van der Waals surface area contributed by atoms with Crippen molar-refractivity contribution in [2.45, 2.75) is 33.4 Å². The van der Waals surface area contributed by atoms with Crippen LogP contribution in [-0.2, 0) is 16.1 Å². The summed E-state index contributed by atoms with van der Waals surface area (Å²) >= 11 is 0. The molecular formula is C16H22N2O3. The van der Waals surface area contributed by atoms with Gasteiger partial charge in [-0.25, -0.2) is 4.79 Å². The Bertz CT molecular complexity index is 508. The lowest BCUT2D eigenvalue weighted by Crippen LogP contribution is -2.61. The zero-order valence-corrected chi connectivity index (χ0v) is 12.8. The van der Waals surface area contributed by atoms with Gasteiger partial charge in [-0.2, -0.15) is 0 Å². The third-order valence-corrected chi connectivity index (χ3v) is 3.47. The van der Waals surface area contributed by atoms with Crippen molar-refractivity contribution in [3.8, 4) is 0 Å².